The molecule has 0 amide bonds. The third-order valence-electron chi connectivity index (χ3n) is 17.7. The van der Waals surface area contributed by atoms with Crippen LogP contribution in [0.15, 0.2) is 0 Å². The van der Waals surface area contributed by atoms with Crippen LogP contribution >= 0.6 is 0 Å². The number of β-amino-alcohol motifs (C(OH)–C–C–N with tert-alkyl or cyclic N) is 1. The van der Waals surface area contributed by atoms with Gasteiger partial charge in [0.1, 0.15) is 5.60 Å². The highest BCUT2D eigenvalue weighted by Crippen LogP contribution is 2.72. The predicted octanol–water partition coefficient (Wildman–Crippen LogP) is 5.49. The van der Waals surface area contributed by atoms with Crippen LogP contribution in [-0.2, 0) is 14.2 Å². The minimum absolute atomic E-state index is 0.0105. The molecule has 7 fully saturated rings. The number of ether oxygens (including phenoxy) is 3. The Labute approximate surface area is 335 Å². The van der Waals surface area contributed by atoms with Gasteiger partial charge < -0.3 is 29.5 Å². The van der Waals surface area contributed by atoms with Gasteiger partial charge in [0.05, 0.1) is 50.2 Å². The van der Waals surface area contributed by atoms with E-state index in [4.69, 9.17) is 14.2 Å². The smallest absolute Gasteiger partial charge is 0.123 e. The summed E-state index contributed by atoms with van der Waals surface area (Å²) in [4.78, 5) is 9.75. The molecule has 10 nitrogen and oxygen atoms in total. The fourth-order valence-corrected chi connectivity index (χ4v) is 13.3. The van der Waals surface area contributed by atoms with Gasteiger partial charge in [-0.15, -0.1) is 0 Å². The number of aliphatic hydroxyl groups excluding tert-OH is 2. The van der Waals surface area contributed by atoms with Crippen LogP contribution < -0.4 is 0 Å². The third-order valence-corrected chi connectivity index (χ3v) is 17.7. The summed E-state index contributed by atoms with van der Waals surface area (Å²) >= 11 is 0. The Morgan fingerprint density at radius 3 is 1.02 bits per heavy atom. The van der Waals surface area contributed by atoms with E-state index in [1.807, 2.05) is 0 Å². The molecule has 0 radical (unpaired) electrons. The van der Waals surface area contributed by atoms with Crippen LogP contribution in [0.25, 0.3) is 0 Å². The van der Waals surface area contributed by atoms with Crippen molar-refractivity contribution in [3.05, 3.63) is 0 Å². The van der Waals surface area contributed by atoms with Crippen LogP contribution in [0.1, 0.15) is 120 Å². The van der Waals surface area contributed by atoms with Crippen molar-refractivity contribution in [2.24, 2.45) is 51.8 Å². The van der Waals surface area contributed by atoms with Gasteiger partial charge in [0.25, 0.3) is 0 Å². The number of hydrogen-bond acceptors (Lipinski definition) is 10. The zero-order valence-corrected chi connectivity index (χ0v) is 36.6. The Balaban J connectivity index is 1.08. The average molecular weight is 775 g/mol. The molecular formula is C45H82N4O6. The molecule has 55 heavy (non-hydrogen) atoms. The molecule has 9 atom stereocenters. The van der Waals surface area contributed by atoms with E-state index in [0.29, 0.717) is 68.8 Å². The van der Waals surface area contributed by atoms with Gasteiger partial charge in [-0.1, -0.05) is 81.6 Å². The van der Waals surface area contributed by atoms with E-state index in [1.165, 1.54) is 38.5 Å². The third kappa shape index (κ3) is 7.76. The summed E-state index contributed by atoms with van der Waals surface area (Å²) in [5.74, 6) is 3.98. The minimum atomic E-state index is -1.55. The molecule has 1 saturated heterocycles. The summed E-state index contributed by atoms with van der Waals surface area (Å²) in [5, 5.41) is 31.4. The average Bonchev–Trinajstić information content (AvgIpc) is 3.97. The molecule has 0 aromatic carbocycles. The molecule has 7 aliphatic rings. The molecule has 318 valence electrons. The van der Waals surface area contributed by atoms with Crippen LogP contribution in [0, 0.1) is 51.8 Å². The first-order valence-corrected chi connectivity index (χ1v) is 22.6. The lowest BCUT2D eigenvalue weighted by atomic mass is 9.88. The molecule has 1 heterocycles. The highest BCUT2D eigenvalue weighted by Gasteiger charge is 2.75. The SMILES string of the molecule is CC1CCC2C(C)(C)C2(OCN2CCN(COC34CC(C)CCC3C4(C)C)CCN(CC(O)(CO)CO)CCN(COC34CC(C)CCC3C4(C)C)CC2)C1. The molecular weight excluding hydrogens is 693 g/mol. The molecule has 0 spiro atoms. The number of aliphatic hydroxyl groups is 3. The second-order valence-electron chi connectivity index (χ2n) is 22.1. The molecule has 0 aromatic rings. The number of fused-ring (bicyclic) bond motifs is 3. The minimum Gasteiger partial charge on any atom is -0.393 e. The first kappa shape index (κ1) is 42.7. The van der Waals surface area contributed by atoms with E-state index in [0.717, 1.165) is 58.5 Å². The van der Waals surface area contributed by atoms with Crippen molar-refractivity contribution in [3.8, 4) is 0 Å². The number of rotatable bonds is 13. The summed E-state index contributed by atoms with van der Waals surface area (Å²) in [5.41, 5.74) is -1.01. The Hall–Kier alpha value is -0.400. The first-order chi connectivity index (χ1) is 25.9. The number of hydrogen-bond donors (Lipinski definition) is 3. The van der Waals surface area contributed by atoms with Crippen molar-refractivity contribution >= 4 is 0 Å². The van der Waals surface area contributed by atoms with E-state index in [2.05, 4.69) is 81.9 Å². The van der Waals surface area contributed by atoms with E-state index in [9.17, 15) is 15.3 Å². The fraction of sp³-hybridized carbons (Fsp3) is 1.00. The van der Waals surface area contributed by atoms with Crippen LogP contribution in [0.2, 0.25) is 0 Å². The van der Waals surface area contributed by atoms with Gasteiger partial charge in [-0.05, 0) is 90.3 Å². The summed E-state index contributed by atoms with van der Waals surface area (Å²) in [6.07, 6.45) is 11.1. The molecule has 0 aromatic heterocycles. The molecule has 1 aliphatic heterocycles. The van der Waals surface area contributed by atoms with Crippen LogP contribution in [0.3, 0.4) is 0 Å². The van der Waals surface area contributed by atoms with Gasteiger partial charge >= 0.3 is 0 Å². The second-order valence-corrected chi connectivity index (χ2v) is 22.1. The van der Waals surface area contributed by atoms with E-state index >= 15 is 0 Å². The monoisotopic (exact) mass is 775 g/mol. The van der Waals surface area contributed by atoms with Crippen LogP contribution in [0.4, 0.5) is 0 Å². The zero-order chi connectivity index (χ0) is 39.7. The first-order valence-electron chi connectivity index (χ1n) is 22.6. The molecule has 10 heteroatoms. The van der Waals surface area contributed by atoms with Crippen molar-refractivity contribution in [2.45, 2.75) is 143 Å². The van der Waals surface area contributed by atoms with E-state index < -0.39 is 18.8 Å². The lowest BCUT2D eigenvalue weighted by Gasteiger charge is -2.38. The zero-order valence-electron chi connectivity index (χ0n) is 36.6. The van der Waals surface area contributed by atoms with Crippen LogP contribution in [0.5, 0.6) is 0 Å². The predicted molar refractivity (Wildman–Crippen MR) is 217 cm³/mol. The van der Waals surface area contributed by atoms with Crippen molar-refractivity contribution in [1.82, 2.24) is 19.6 Å². The van der Waals surface area contributed by atoms with Gasteiger partial charge in [0, 0.05) is 58.9 Å². The summed E-state index contributed by atoms with van der Waals surface area (Å²) in [6, 6.07) is 0. The van der Waals surface area contributed by atoms with Crippen molar-refractivity contribution in [3.63, 3.8) is 0 Å². The van der Waals surface area contributed by atoms with Gasteiger partial charge in [-0.25, -0.2) is 0 Å². The maximum atomic E-state index is 11.1. The topological polar surface area (TPSA) is 101 Å². The lowest BCUT2D eigenvalue weighted by molar-refractivity contribution is -0.105. The molecule has 6 saturated carbocycles. The summed E-state index contributed by atoms with van der Waals surface area (Å²) in [6.45, 7) is 29.2. The van der Waals surface area contributed by atoms with Crippen molar-refractivity contribution in [1.29, 1.82) is 0 Å². The summed E-state index contributed by atoms with van der Waals surface area (Å²) < 4.78 is 21.3. The molecule has 7 rings (SSSR count). The Bertz CT molecular complexity index is 1260. The standard InChI is InChI=1S/C45H82N4O6/c1-33-10-13-36-39(4,5)43(36,24-33)53-30-47-18-16-46(27-42(52,28-50)29-51)17-19-48(31-54-44-25-34(2)11-14-37(44)40(44,6)7)21-23-49(22-20-47)32-55-45-26-35(3)12-15-38(45)41(45,8)9/h33-38,50-52H,10-32H2,1-9H3. The highest BCUT2D eigenvalue weighted by atomic mass is 16.5. The summed E-state index contributed by atoms with van der Waals surface area (Å²) in [7, 11) is 0. The molecule has 9 unspecified atom stereocenters. The van der Waals surface area contributed by atoms with E-state index in [-0.39, 0.29) is 39.6 Å². The fourth-order valence-electron chi connectivity index (χ4n) is 13.3. The highest BCUT2D eigenvalue weighted by molar-refractivity contribution is 5.24. The van der Waals surface area contributed by atoms with E-state index in [1.54, 1.807) is 0 Å². The Morgan fingerprint density at radius 1 is 0.473 bits per heavy atom. The van der Waals surface area contributed by atoms with Gasteiger partial charge in [-0.3, -0.25) is 19.6 Å². The van der Waals surface area contributed by atoms with Crippen LogP contribution in [-0.4, -0.2) is 150 Å². The quantitative estimate of drug-likeness (QED) is 0.223. The van der Waals surface area contributed by atoms with Crippen molar-refractivity contribution < 1.29 is 29.5 Å². The normalized spacial score (nSPS) is 42.3. The molecule has 6 aliphatic carbocycles. The van der Waals surface area contributed by atoms with Gasteiger partial charge in [0.2, 0.25) is 0 Å². The molecule has 3 N–H and O–H groups in total. The Morgan fingerprint density at radius 2 is 0.745 bits per heavy atom. The van der Waals surface area contributed by atoms with Gasteiger partial charge in [-0.2, -0.15) is 0 Å². The molecule has 0 bridgehead atoms. The maximum Gasteiger partial charge on any atom is 0.123 e. The number of nitrogens with zero attached hydrogens (tertiary/aromatic N) is 4. The Kier molecular flexibility index (Phi) is 12.1. The van der Waals surface area contributed by atoms with Gasteiger partial charge in [0.15, 0.2) is 0 Å². The maximum absolute atomic E-state index is 11.1. The second kappa shape index (κ2) is 15.6. The largest absolute Gasteiger partial charge is 0.393 e. The van der Waals surface area contributed by atoms with Crippen molar-refractivity contribution in [2.75, 3.05) is 92.3 Å². The lowest BCUT2D eigenvalue weighted by Crippen LogP contribution is -2.53.